The van der Waals surface area contributed by atoms with Gasteiger partial charge in [0.25, 0.3) is 5.56 Å². The fourth-order valence-electron chi connectivity index (χ4n) is 3.22. The molecule has 0 atom stereocenters. The number of nitrogens with one attached hydrogen (secondary N) is 1. The third-order valence-corrected chi connectivity index (χ3v) is 4.62. The monoisotopic (exact) mass is 315 g/mol. The van der Waals surface area contributed by atoms with Crippen LogP contribution in [0.15, 0.2) is 23.1 Å². The van der Waals surface area contributed by atoms with E-state index in [0.29, 0.717) is 23.3 Å². The van der Waals surface area contributed by atoms with E-state index < -0.39 is 0 Å². The number of H-pyrrole nitrogens is 1. The van der Waals surface area contributed by atoms with Crippen LogP contribution >= 0.6 is 0 Å². The molecule has 0 bridgehead atoms. The van der Waals surface area contributed by atoms with Crippen LogP contribution in [0.3, 0.4) is 0 Å². The number of hydrogen-bond donors (Lipinski definition) is 2. The first-order valence-corrected chi connectivity index (χ1v) is 8.57. The Morgan fingerprint density at radius 3 is 2.83 bits per heavy atom. The molecule has 0 amide bonds. The maximum absolute atomic E-state index is 12.0. The Bertz CT molecular complexity index is 697. The summed E-state index contributed by atoms with van der Waals surface area (Å²) in [4.78, 5) is 19.4. The summed E-state index contributed by atoms with van der Waals surface area (Å²) >= 11 is 0. The highest BCUT2D eigenvalue weighted by atomic mass is 16.1. The van der Waals surface area contributed by atoms with Gasteiger partial charge in [0, 0.05) is 24.7 Å². The molecule has 6 heteroatoms. The number of nitrogens with zero attached hydrogens (tertiary/aromatic N) is 3. The van der Waals surface area contributed by atoms with Crippen molar-refractivity contribution in [1.82, 2.24) is 19.7 Å². The number of rotatable bonds is 5. The van der Waals surface area contributed by atoms with Crippen LogP contribution in [-0.4, -0.2) is 25.8 Å². The van der Waals surface area contributed by atoms with Crippen molar-refractivity contribution in [3.63, 3.8) is 0 Å². The topological polar surface area (TPSA) is 89.6 Å². The first kappa shape index (κ1) is 15.9. The quantitative estimate of drug-likeness (QED) is 0.886. The van der Waals surface area contributed by atoms with Gasteiger partial charge in [-0.25, -0.2) is 9.67 Å². The third kappa shape index (κ3) is 3.52. The second-order valence-electron chi connectivity index (χ2n) is 6.39. The highest BCUT2D eigenvalue weighted by molar-refractivity contribution is 5.52. The van der Waals surface area contributed by atoms with Gasteiger partial charge in [-0.3, -0.25) is 4.79 Å². The van der Waals surface area contributed by atoms with E-state index in [9.17, 15) is 4.79 Å². The fourth-order valence-corrected chi connectivity index (χ4v) is 3.22. The van der Waals surface area contributed by atoms with Crippen molar-refractivity contribution in [2.24, 2.45) is 5.73 Å². The van der Waals surface area contributed by atoms with Gasteiger partial charge in [0.15, 0.2) is 5.82 Å². The van der Waals surface area contributed by atoms with E-state index in [1.54, 1.807) is 12.3 Å². The summed E-state index contributed by atoms with van der Waals surface area (Å²) in [6, 6.07) is 3.90. The Labute approximate surface area is 136 Å². The van der Waals surface area contributed by atoms with E-state index in [-0.39, 0.29) is 5.56 Å². The standard InChI is InChI=1S/C17H25N5O/c1-2-3-11-22-16(12-6-8-13(18)9-7-12)20-15(21-22)14-5-4-10-19-17(14)23/h4-5,10,12-13H,2-3,6-9,11,18H2,1H3,(H,19,23). The lowest BCUT2D eigenvalue weighted by molar-refractivity contribution is 0.369. The SMILES string of the molecule is CCCCn1nc(-c2ccc[nH]c2=O)nc1C1CCC(N)CC1. The molecule has 3 rings (SSSR count). The Kier molecular flexibility index (Phi) is 4.91. The molecule has 124 valence electrons. The largest absolute Gasteiger partial charge is 0.328 e. The molecule has 23 heavy (non-hydrogen) atoms. The predicted octanol–water partition coefficient (Wildman–Crippen LogP) is 2.42. The number of aromatic nitrogens is 4. The number of pyridine rings is 1. The first-order valence-electron chi connectivity index (χ1n) is 8.57. The van der Waals surface area contributed by atoms with Gasteiger partial charge < -0.3 is 10.7 Å². The van der Waals surface area contributed by atoms with Gasteiger partial charge in [-0.05, 0) is 44.2 Å². The molecule has 0 radical (unpaired) electrons. The molecule has 2 aromatic heterocycles. The minimum atomic E-state index is -0.141. The molecule has 1 saturated carbocycles. The van der Waals surface area contributed by atoms with E-state index in [4.69, 9.17) is 10.7 Å². The normalized spacial score (nSPS) is 21.5. The molecule has 6 nitrogen and oxygen atoms in total. The van der Waals surface area contributed by atoms with Crippen LogP contribution in [0.25, 0.3) is 11.4 Å². The summed E-state index contributed by atoms with van der Waals surface area (Å²) in [5.74, 6) is 1.95. The fraction of sp³-hybridized carbons (Fsp3) is 0.588. The van der Waals surface area contributed by atoms with Gasteiger partial charge in [0.2, 0.25) is 0 Å². The van der Waals surface area contributed by atoms with Crippen molar-refractivity contribution in [3.05, 3.63) is 34.5 Å². The molecule has 0 unspecified atom stereocenters. The molecule has 0 aliphatic heterocycles. The highest BCUT2D eigenvalue weighted by Crippen LogP contribution is 2.32. The van der Waals surface area contributed by atoms with Crippen molar-refractivity contribution < 1.29 is 0 Å². The van der Waals surface area contributed by atoms with Gasteiger partial charge in [0.1, 0.15) is 5.82 Å². The minimum absolute atomic E-state index is 0.141. The molecule has 1 fully saturated rings. The predicted molar refractivity (Wildman–Crippen MR) is 90.2 cm³/mol. The van der Waals surface area contributed by atoms with Crippen LogP contribution in [-0.2, 0) is 6.54 Å². The molecule has 0 saturated heterocycles. The molecule has 1 aliphatic carbocycles. The van der Waals surface area contributed by atoms with Gasteiger partial charge >= 0.3 is 0 Å². The minimum Gasteiger partial charge on any atom is -0.328 e. The summed E-state index contributed by atoms with van der Waals surface area (Å²) in [5, 5.41) is 4.63. The zero-order valence-corrected chi connectivity index (χ0v) is 13.7. The molecule has 0 aromatic carbocycles. The summed E-state index contributed by atoms with van der Waals surface area (Å²) in [6.45, 7) is 3.02. The van der Waals surface area contributed by atoms with Crippen molar-refractivity contribution >= 4 is 0 Å². The molecule has 2 aromatic rings. The van der Waals surface area contributed by atoms with Crippen molar-refractivity contribution in [3.8, 4) is 11.4 Å². The lowest BCUT2D eigenvalue weighted by Gasteiger charge is -2.25. The zero-order chi connectivity index (χ0) is 16.2. The Morgan fingerprint density at radius 1 is 1.35 bits per heavy atom. The zero-order valence-electron chi connectivity index (χ0n) is 13.7. The Morgan fingerprint density at radius 2 is 2.13 bits per heavy atom. The molecular formula is C17H25N5O. The maximum Gasteiger partial charge on any atom is 0.259 e. The molecule has 0 spiro atoms. The number of nitrogens with two attached hydrogens (primary N) is 1. The number of aryl methyl sites for hydroxylation is 1. The Balaban J connectivity index is 1.94. The van der Waals surface area contributed by atoms with E-state index in [0.717, 1.165) is 50.9 Å². The second kappa shape index (κ2) is 7.08. The van der Waals surface area contributed by atoms with E-state index in [1.807, 2.05) is 10.7 Å². The average molecular weight is 315 g/mol. The van der Waals surface area contributed by atoms with Gasteiger partial charge in [0.05, 0.1) is 5.56 Å². The summed E-state index contributed by atoms with van der Waals surface area (Å²) in [7, 11) is 0. The number of hydrogen-bond acceptors (Lipinski definition) is 4. The lowest BCUT2D eigenvalue weighted by Crippen LogP contribution is -2.27. The summed E-state index contributed by atoms with van der Waals surface area (Å²) in [6.07, 6.45) is 7.97. The molecule has 3 N–H and O–H groups in total. The second-order valence-corrected chi connectivity index (χ2v) is 6.39. The van der Waals surface area contributed by atoms with Crippen LogP contribution < -0.4 is 11.3 Å². The van der Waals surface area contributed by atoms with Crippen molar-refractivity contribution in [2.75, 3.05) is 0 Å². The van der Waals surface area contributed by atoms with Crippen molar-refractivity contribution in [2.45, 2.75) is 64.0 Å². The van der Waals surface area contributed by atoms with Crippen LogP contribution in [0.1, 0.15) is 57.2 Å². The van der Waals surface area contributed by atoms with E-state index >= 15 is 0 Å². The maximum atomic E-state index is 12.0. The smallest absolute Gasteiger partial charge is 0.259 e. The van der Waals surface area contributed by atoms with E-state index in [2.05, 4.69) is 17.0 Å². The highest BCUT2D eigenvalue weighted by Gasteiger charge is 2.25. The van der Waals surface area contributed by atoms with Crippen LogP contribution in [0.5, 0.6) is 0 Å². The summed E-state index contributed by atoms with van der Waals surface area (Å²) in [5.41, 5.74) is 6.42. The van der Waals surface area contributed by atoms with Gasteiger partial charge in [-0.2, -0.15) is 5.10 Å². The first-order chi connectivity index (χ1) is 11.2. The lowest BCUT2D eigenvalue weighted by atomic mass is 9.86. The molecule has 2 heterocycles. The third-order valence-electron chi connectivity index (χ3n) is 4.62. The van der Waals surface area contributed by atoms with E-state index in [1.165, 1.54) is 0 Å². The van der Waals surface area contributed by atoms with Gasteiger partial charge in [-0.15, -0.1) is 0 Å². The van der Waals surface area contributed by atoms with Crippen LogP contribution in [0.4, 0.5) is 0 Å². The van der Waals surface area contributed by atoms with Gasteiger partial charge in [-0.1, -0.05) is 13.3 Å². The average Bonchev–Trinajstić information content (AvgIpc) is 2.98. The number of unbranched alkanes of at least 4 members (excludes halogenated alkanes) is 1. The van der Waals surface area contributed by atoms with Crippen LogP contribution in [0.2, 0.25) is 0 Å². The summed E-state index contributed by atoms with van der Waals surface area (Å²) < 4.78 is 2.01. The Hall–Kier alpha value is -1.95. The van der Waals surface area contributed by atoms with Crippen molar-refractivity contribution in [1.29, 1.82) is 0 Å². The number of aromatic amines is 1. The van der Waals surface area contributed by atoms with Crippen LogP contribution in [0, 0.1) is 0 Å². The molecular weight excluding hydrogens is 290 g/mol. The molecule has 1 aliphatic rings.